The van der Waals surface area contributed by atoms with Gasteiger partial charge in [-0.1, -0.05) is 103 Å². The number of ether oxygens (including phenoxy) is 1. The molecule has 0 aromatic carbocycles. The molecule has 0 spiro atoms. The Balaban J connectivity index is 3.06. The van der Waals surface area contributed by atoms with E-state index in [2.05, 4.69) is 6.92 Å². The van der Waals surface area contributed by atoms with Crippen molar-refractivity contribution in [2.75, 3.05) is 27.2 Å². The summed E-state index contributed by atoms with van der Waals surface area (Å²) in [7, 11) is 3.94. The molecule has 0 radical (unpaired) electrons. The highest BCUT2D eigenvalue weighted by atomic mass is 16.5. The summed E-state index contributed by atoms with van der Waals surface area (Å²) in [6.45, 7) is 3.36. The lowest BCUT2D eigenvalue weighted by atomic mass is 10.0. The van der Waals surface area contributed by atoms with E-state index in [9.17, 15) is 4.79 Å². The van der Waals surface area contributed by atoms with Gasteiger partial charge in [-0.15, -0.1) is 0 Å². The molecule has 0 saturated heterocycles. The minimum atomic E-state index is -0.0686. The van der Waals surface area contributed by atoms with Crippen LogP contribution < -0.4 is 4.90 Å². The maximum absolute atomic E-state index is 11.4. The summed E-state index contributed by atoms with van der Waals surface area (Å²) in [5.74, 6) is -0.0686. The van der Waals surface area contributed by atoms with Crippen molar-refractivity contribution >= 4 is 5.97 Å². The van der Waals surface area contributed by atoms with E-state index in [0.29, 0.717) is 13.2 Å². The van der Waals surface area contributed by atoms with Gasteiger partial charge in [0.05, 0.1) is 20.7 Å². The van der Waals surface area contributed by atoms with E-state index in [-0.39, 0.29) is 5.97 Å². The lowest BCUT2D eigenvalue weighted by Crippen LogP contribution is -3.06. The number of rotatable bonds is 19. The van der Waals surface area contributed by atoms with Gasteiger partial charge in [0.2, 0.25) is 0 Å². The van der Waals surface area contributed by atoms with Crippen LogP contribution in [0.15, 0.2) is 0 Å². The van der Waals surface area contributed by atoms with E-state index in [4.69, 9.17) is 4.74 Å². The highest BCUT2D eigenvalue weighted by Crippen LogP contribution is 2.13. The number of carbonyl (C=O) groups excluding carboxylic acids is 1. The lowest BCUT2D eigenvalue weighted by Gasteiger charge is -2.07. The summed E-state index contributed by atoms with van der Waals surface area (Å²) in [5, 5.41) is 0. The molecule has 3 nitrogen and oxygen atoms in total. The second-order valence-corrected chi connectivity index (χ2v) is 7.91. The Hall–Kier alpha value is -0.570. The molecule has 0 aliphatic heterocycles. The van der Waals surface area contributed by atoms with Crippen LogP contribution in [-0.4, -0.2) is 33.2 Å². The van der Waals surface area contributed by atoms with Crippen LogP contribution >= 0.6 is 0 Å². The van der Waals surface area contributed by atoms with E-state index in [1.165, 1.54) is 96.3 Å². The number of unbranched alkanes of at least 4 members (excludes halogenated alkanes) is 15. The highest BCUT2D eigenvalue weighted by molar-refractivity contribution is 5.70. The number of esters is 1. The van der Waals surface area contributed by atoms with Gasteiger partial charge in [0.25, 0.3) is 0 Å². The van der Waals surface area contributed by atoms with Crippen LogP contribution in [0.1, 0.15) is 110 Å². The summed E-state index contributed by atoms with van der Waals surface area (Å²) in [6, 6.07) is 0. The molecule has 0 rings (SSSR count). The Morgan fingerprint density at radius 1 is 0.640 bits per heavy atom. The third-order valence-corrected chi connectivity index (χ3v) is 4.76. The van der Waals surface area contributed by atoms with E-state index in [1.807, 2.05) is 14.1 Å². The first-order chi connectivity index (χ1) is 12.2. The fourth-order valence-electron chi connectivity index (χ4n) is 3.18. The van der Waals surface area contributed by atoms with Gasteiger partial charge in [-0.05, 0) is 6.42 Å². The Bertz CT molecular complexity index is 279. The molecule has 0 aromatic rings. The quantitative estimate of drug-likeness (QED) is 0.263. The molecule has 3 heteroatoms. The second-order valence-electron chi connectivity index (χ2n) is 7.91. The van der Waals surface area contributed by atoms with E-state index in [0.717, 1.165) is 11.3 Å². The summed E-state index contributed by atoms with van der Waals surface area (Å²) >= 11 is 0. The SMILES string of the molecule is CCCCCCCCCCCCCCCCCCOC(=O)C[NH+](C)C. The Morgan fingerprint density at radius 3 is 1.36 bits per heavy atom. The minimum absolute atomic E-state index is 0.0686. The van der Waals surface area contributed by atoms with Gasteiger partial charge in [0.15, 0.2) is 6.54 Å². The average molecular weight is 357 g/mol. The predicted octanol–water partition coefficient (Wildman–Crippen LogP) is 4.94. The van der Waals surface area contributed by atoms with Crippen LogP contribution in [0, 0.1) is 0 Å². The van der Waals surface area contributed by atoms with Gasteiger partial charge in [0.1, 0.15) is 0 Å². The average Bonchev–Trinajstić information content (AvgIpc) is 2.57. The van der Waals surface area contributed by atoms with Crippen LogP contribution in [0.2, 0.25) is 0 Å². The largest absolute Gasteiger partial charge is 0.462 e. The minimum Gasteiger partial charge on any atom is -0.462 e. The van der Waals surface area contributed by atoms with Crippen LogP contribution in [0.5, 0.6) is 0 Å². The Labute approximate surface area is 157 Å². The zero-order chi connectivity index (χ0) is 18.6. The van der Waals surface area contributed by atoms with Gasteiger partial charge in [-0.25, -0.2) is 4.79 Å². The first-order valence-corrected chi connectivity index (χ1v) is 11.1. The van der Waals surface area contributed by atoms with Gasteiger partial charge in [0, 0.05) is 0 Å². The van der Waals surface area contributed by atoms with Gasteiger partial charge in [-0.3, -0.25) is 0 Å². The standard InChI is InChI=1S/C22H45NO2/c1-4-5-6-7-8-9-10-11-12-13-14-15-16-17-18-19-20-25-22(24)21-23(2)3/h4-21H2,1-3H3/p+1. The first kappa shape index (κ1) is 24.4. The molecule has 0 aliphatic carbocycles. The van der Waals surface area contributed by atoms with Gasteiger partial charge >= 0.3 is 5.97 Å². The summed E-state index contributed by atoms with van der Waals surface area (Å²) in [5.41, 5.74) is 0. The Morgan fingerprint density at radius 2 is 1.00 bits per heavy atom. The van der Waals surface area contributed by atoms with Crippen molar-refractivity contribution in [3.05, 3.63) is 0 Å². The number of quaternary nitrogens is 1. The fraction of sp³-hybridized carbons (Fsp3) is 0.955. The summed E-state index contributed by atoms with van der Waals surface area (Å²) in [6.07, 6.45) is 21.9. The normalized spacial score (nSPS) is 11.2. The molecule has 0 atom stereocenters. The molecule has 0 fully saturated rings. The van der Waals surface area contributed by atoms with E-state index >= 15 is 0 Å². The van der Waals surface area contributed by atoms with Gasteiger partial charge < -0.3 is 9.64 Å². The third kappa shape index (κ3) is 21.4. The van der Waals surface area contributed by atoms with Crippen molar-refractivity contribution in [3.63, 3.8) is 0 Å². The molecular weight excluding hydrogens is 310 g/mol. The molecule has 0 heterocycles. The van der Waals surface area contributed by atoms with Crippen LogP contribution in [0.4, 0.5) is 0 Å². The zero-order valence-corrected chi connectivity index (χ0v) is 17.5. The third-order valence-electron chi connectivity index (χ3n) is 4.76. The smallest absolute Gasteiger partial charge is 0.361 e. The number of nitrogens with one attached hydrogen (secondary N) is 1. The number of hydrogen-bond acceptors (Lipinski definition) is 2. The van der Waals surface area contributed by atoms with Crippen molar-refractivity contribution in [2.45, 2.75) is 110 Å². The maximum atomic E-state index is 11.4. The van der Waals surface area contributed by atoms with Crippen molar-refractivity contribution < 1.29 is 14.4 Å². The summed E-state index contributed by atoms with van der Waals surface area (Å²) < 4.78 is 5.21. The van der Waals surface area contributed by atoms with E-state index < -0.39 is 0 Å². The van der Waals surface area contributed by atoms with Crippen LogP contribution in [-0.2, 0) is 9.53 Å². The lowest BCUT2D eigenvalue weighted by molar-refractivity contribution is -0.850. The monoisotopic (exact) mass is 356 g/mol. The molecule has 150 valence electrons. The molecule has 25 heavy (non-hydrogen) atoms. The maximum Gasteiger partial charge on any atom is 0.361 e. The Kier molecular flexibility index (Phi) is 19.3. The number of carbonyl (C=O) groups is 1. The van der Waals surface area contributed by atoms with Crippen molar-refractivity contribution in [3.8, 4) is 0 Å². The highest BCUT2D eigenvalue weighted by Gasteiger charge is 2.06. The molecule has 0 bridgehead atoms. The molecule has 0 unspecified atom stereocenters. The van der Waals surface area contributed by atoms with Crippen LogP contribution in [0.3, 0.4) is 0 Å². The molecule has 1 N–H and O–H groups in total. The zero-order valence-electron chi connectivity index (χ0n) is 17.5. The van der Waals surface area contributed by atoms with Gasteiger partial charge in [-0.2, -0.15) is 0 Å². The predicted molar refractivity (Wildman–Crippen MR) is 108 cm³/mol. The number of likely N-dealkylation sites (N-methyl/N-ethyl adjacent to an activating group) is 1. The molecular formula is C22H46NO2+. The van der Waals surface area contributed by atoms with Crippen molar-refractivity contribution in [2.24, 2.45) is 0 Å². The molecule has 0 aromatic heterocycles. The molecule has 0 aliphatic rings. The fourth-order valence-corrected chi connectivity index (χ4v) is 3.18. The molecule has 0 saturated carbocycles. The summed E-state index contributed by atoms with van der Waals surface area (Å²) in [4.78, 5) is 12.5. The number of hydrogen-bond donors (Lipinski definition) is 1. The topological polar surface area (TPSA) is 30.7 Å². The molecule has 0 amide bonds. The van der Waals surface area contributed by atoms with Crippen molar-refractivity contribution in [1.82, 2.24) is 0 Å². The second kappa shape index (κ2) is 19.8. The van der Waals surface area contributed by atoms with Crippen molar-refractivity contribution in [1.29, 1.82) is 0 Å². The van der Waals surface area contributed by atoms with Crippen LogP contribution in [0.25, 0.3) is 0 Å². The first-order valence-electron chi connectivity index (χ1n) is 11.1. The van der Waals surface area contributed by atoms with E-state index in [1.54, 1.807) is 0 Å².